The molecule has 2 N–H and O–H groups in total. The molecular formula is C11H13F2NO4S. The Morgan fingerprint density at radius 2 is 2.16 bits per heavy atom. The Bertz CT molecular complexity index is 475. The lowest BCUT2D eigenvalue weighted by Gasteiger charge is -2.12. The van der Waals surface area contributed by atoms with Crippen molar-refractivity contribution in [2.75, 3.05) is 0 Å². The van der Waals surface area contributed by atoms with E-state index in [1.807, 2.05) is 0 Å². The van der Waals surface area contributed by atoms with E-state index < -0.39 is 24.5 Å². The molecule has 0 radical (unpaired) electrons. The summed E-state index contributed by atoms with van der Waals surface area (Å²) in [5.74, 6) is -2.15. The second-order valence-corrected chi connectivity index (χ2v) is 4.96. The highest BCUT2D eigenvalue weighted by Crippen LogP contribution is 2.30. The lowest BCUT2D eigenvalue weighted by atomic mass is 10.2. The van der Waals surface area contributed by atoms with E-state index in [1.165, 1.54) is 6.07 Å². The average molecular weight is 293 g/mol. The standard InChI is InChI=1S/C11H13F2NO4S/c1-3-6(10(16)17)14-9(15)8-7(18-11(12)13)4-5(2)19-8/h4,6,11H,3H2,1-2H3,(H,14,15)(H,16,17). The zero-order valence-electron chi connectivity index (χ0n) is 10.3. The number of carboxylic acids is 1. The van der Waals surface area contributed by atoms with Crippen LogP contribution in [-0.2, 0) is 4.79 Å². The van der Waals surface area contributed by atoms with Crippen LogP contribution < -0.4 is 10.1 Å². The second-order valence-electron chi connectivity index (χ2n) is 3.70. The number of amides is 1. The highest BCUT2D eigenvalue weighted by molar-refractivity contribution is 7.14. The number of rotatable bonds is 6. The van der Waals surface area contributed by atoms with E-state index in [0.29, 0.717) is 4.88 Å². The molecule has 0 aromatic carbocycles. The number of aryl methyl sites for hydroxylation is 1. The number of carbonyl (C=O) groups excluding carboxylic acids is 1. The highest BCUT2D eigenvalue weighted by atomic mass is 32.1. The van der Waals surface area contributed by atoms with Crippen molar-refractivity contribution >= 4 is 23.2 Å². The van der Waals surface area contributed by atoms with Gasteiger partial charge in [-0.05, 0) is 19.4 Å². The summed E-state index contributed by atoms with van der Waals surface area (Å²) in [4.78, 5) is 23.2. The molecule has 0 fully saturated rings. The van der Waals surface area contributed by atoms with Crippen LogP contribution in [0.5, 0.6) is 5.75 Å². The number of hydrogen-bond donors (Lipinski definition) is 2. The van der Waals surface area contributed by atoms with E-state index in [4.69, 9.17) is 5.11 Å². The van der Waals surface area contributed by atoms with Gasteiger partial charge in [-0.3, -0.25) is 4.79 Å². The Morgan fingerprint density at radius 1 is 1.53 bits per heavy atom. The number of hydrogen-bond acceptors (Lipinski definition) is 4. The zero-order chi connectivity index (χ0) is 14.6. The highest BCUT2D eigenvalue weighted by Gasteiger charge is 2.23. The van der Waals surface area contributed by atoms with Gasteiger partial charge < -0.3 is 15.2 Å². The van der Waals surface area contributed by atoms with Gasteiger partial charge >= 0.3 is 12.6 Å². The van der Waals surface area contributed by atoms with Crippen molar-refractivity contribution in [2.24, 2.45) is 0 Å². The van der Waals surface area contributed by atoms with E-state index in [9.17, 15) is 18.4 Å². The molecule has 0 saturated heterocycles. The van der Waals surface area contributed by atoms with Crippen LogP contribution in [0.4, 0.5) is 8.78 Å². The minimum atomic E-state index is -3.04. The van der Waals surface area contributed by atoms with Gasteiger partial charge in [-0.25, -0.2) is 4.79 Å². The molecule has 1 heterocycles. The molecule has 0 aliphatic rings. The third kappa shape index (κ3) is 4.16. The van der Waals surface area contributed by atoms with E-state index in [2.05, 4.69) is 10.1 Å². The number of alkyl halides is 2. The summed E-state index contributed by atoms with van der Waals surface area (Å²) in [6.07, 6.45) is 0.191. The van der Waals surface area contributed by atoms with E-state index in [1.54, 1.807) is 13.8 Å². The largest absolute Gasteiger partial charge is 0.480 e. The molecule has 1 aromatic rings. The molecule has 0 saturated carbocycles. The molecule has 5 nitrogen and oxygen atoms in total. The van der Waals surface area contributed by atoms with Gasteiger partial charge in [-0.15, -0.1) is 11.3 Å². The molecule has 1 atom stereocenters. The van der Waals surface area contributed by atoms with Crippen LogP contribution >= 0.6 is 11.3 Å². The van der Waals surface area contributed by atoms with Crippen molar-refractivity contribution in [1.82, 2.24) is 5.32 Å². The Balaban J connectivity index is 2.89. The zero-order valence-corrected chi connectivity index (χ0v) is 11.1. The third-order valence-electron chi connectivity index (χ3n) is 2.26. The van der Waals surface area contributed by atoms with Crippen molar-refractivity contribution in [2.45, 2.75) is 32.9 Å². The van der Waals surface area contributed by atoms with Gasteiger partial charge in [-0.2, -0.15) is 8.78 Å². The summed E-state index contributed by atoms with van der Waals surface area (Å²) < 4.78 is 28.6. The van der Waals surface area contributed by atoms with E-state index in [0.717, 1.165) is 11.3 Å². The molecule has 1 amide bonds. The third-order valence-corrected chi connectivity index (χ3v) is 3.29. The Kier molecular flexibility index (Phi) is 5.22. The fourth-order valence-electron chi connectivity index (χ4n) is 1.39. The fourth-order valence-corrected chi connectivity index (χ4v) is 2.24. The first-order valence-corrected chi connectivity index (χ1v) is 6.25. The summed E-state index contributed by atoms with van der Waals surface area (Å²) in [6.45, 7) is 0.186. The van der Waals surface area contributed by atoms with Crippen molar-refractivity contribution in [3.63, 3.8) is 0 Å². The molecule has 1 aromatic heterocycles. The predicted octanol–water partition coefficient (Wildman–Crippen LogP) is 2.25. The summed E-state index contributed by atoms with van der Waals surface area (Å²) in [5.41, 5.74) is 0. The van der Waals surface area contributed by atoms with Crippen LogP contribution in [0.15, 0.2) is 6.07 Å². The minimum Gasteiger partial charge on any atom is -0.480 e. The molecule has 0 spiro atoms. The molecule has 1 unspecified atom stereocenters. The van der Waals surface area contributed by atoms with Crippen molar-refractivity contribution in [1.29, 1.82) is 0 Å². The summed E-state index contributed by atoms with van der Waals surface area (Å²) in [5, 5.41) is 11.1. The summed E-state index contributed by atoms with van der Waals surface area (Å²) in [6, 6.07) is 0.252. The first-order valence-electron chi connectivity index (χ1n) is 5.44. The molecule has 19 heavy (non-hydrogen) atoms. The van der Waals surface area contributed by atoms with Crippen LogP contribution in [0, 0.1) is 6.92 Å². The number of halogens is 2. The van der Waals surface area contributed by atoms with Gasteiger partial charge in [0.15, 0.2) is 0 Å². The quantitative estimate of drug-likeness (QED) is 0.843. The van der Waals surface area contributed by atoms with Gasteiger partial charge in [0.2, 0.25) is 0 Å². The molecular weight excluding hydrogens is 280 g/mol. The fraction of sp³-hybridized carbons (Fsp3) is 0.455. The smallest absolute Gasteiger partial charge is 0.387 e. The molecule has 0 aliphatic carbocycles. The van der Waals surface area contributed by atoms with Crippen LogP contribution in [-0.4, -0.2) is 29.6 Å². The number of nitrogens with one attached hydrogen (secondary N) is 1. The number of carbonyl (C=O) groups is 2. The molecule has 0 bridgehead atoms. The number of thiophene rings is 1. The Hall–Kier alpha value is -1.70. The topological polar surface area (TPSA) is 75.6 Å². The maximum atomic E-state index is 12.2. The van der Waals surface area contributed by atoms with E-state index >= 15 is 0 Å². The Labute approximate surface area is 112 Å². The lowest BCUT2D eigenvalue weighted by Crippen LogP contribution is -2.40. The summed E-state index contributed by atoms with van der Waals surface area (Å²) >= 11 is 0.965. The van der Waals surface area contributed by atoms with Crippen LogP contribution in [0.1, 0.15) is 27.9 Å². The van der Waals surface area contributed by atoms with E-state index in [-0.39, 0.29) is 17.0 Å². The normalized spacial score (nSPS) is 12.3. The van der Waals surface area contributed by atoms with Crippen LogP contribution in [0.2, 0.25) is 0 Å². The van der Waals surface area contributed by atoms with Gasteiger partial charge in [0.25, 0.3) is 5.91 Å². The van der Waals surface area contributed by atoms with Gasteiger partial charge in [-0.1, -0.05) is 6.92 Å². The van der Waals surface area contributed by atoms with Crippen molar-refractivity contribution in [3.05, 3.63) is 15.8 Å². The first kappa shape index (κ1) is 15.4. The predicted molar refractivity (Wildman–Crippen MR) is 64.9 cm³/mol. The molecule has 8 heteroatoms. The van der Waals surface area contributed by atoms with Crippen LogP contribution in [0.25, 0.3) is 0 Å². The lowest BCUT2D eigenvalue weighted by molar-refractivity contribution is -0.139. The number of carboxylic acid groups (broad SMARTS) is 1. The van der Waals surface area contributed by atoms with Gasteiger partial charge in [0, 0.05) is 4.88 Å². The van der Waals surface area contributed by atoms with Gasteiger partial charge in [0.05, 0.1) is 0 Å². The molecule has 106 valence electrons. The van der Waals surface area contributed by atoms with Crippen LogP contribution in [0.3, 0.4) is 0 Å². The summed E-state index contributed by atoms with van der Waals surface area (Å²) in [7, 11) is 0. The number of aliphatic carboxylic acids is 1. The molecule has 1 rings (SSSR count). The average Bonchev–Trinajstić information content (AvgIpc) is 2.65. The maximum absolute atomic E-state index is 12.2. The SMILES string of the molecule is CCC(NC(=O)c1sc(C)cc1OC(F)F)C(=O)O. The minimum absolute atomic E-state index is 0.0579. The van der Waals surface area contributed by atoms with Crippen molar-refractivity contribution < 1.29 is 28.2 Å². The van der Waals surface area contributed by atoms with Crippen molar-refractivity contribution in [3.8, 4) is 5.75 Å². The molecule has 0 aliphatic heterocycles. The number of ether oxygens (including phenoxy) is 1. The first-order chi connectivity index (χ1) is 8.85. The van der Waals surface area contributed by atoms with Gasteiger partial charge in [0.1, 0.15) is 16.7 Å². The maximum Gasteiger partial charge on any atom is 0.387 e. The Morgan fingerprint density at radius 3 is 2.63 bits per heavy atom. The monoisotopic (exact) mass is 293 g/mol. The second kappa shape index (κ2) is 6.46.